The van der Waals surface area contributed by atoms with Crippen molar-refractivity contribution in [1.82, 2.24) is 9.88 Å². The lowest BCUT2D eigenvalue weighted by Gasteiger charge is -2.20. The second-order valence-electron chi connectivity index (χ2n) is 3.56. The molecule has 0 saturated heterocycles. The molecule has 0 aliphatic rings. The number of carbonyl (C=O) groups excluding carboxylic acids is 1. The van der Waals surface area contributed by atoms with E-state index in [2.05, 4.69) is 4.98 Å². The molecule has 0 fully saturated rings. The van der Waals surface area contributed by atoms with Crippen molar-refractivity contribution in [2.45, 2.75) is 13.3 Å². The normalized spacial score (nSPS) is 9.71. The maximum absolute atomic E-state index is 12.0. The fourth-order valence-electron chi connectivity index (χ4n) is 1.45. The van der Waals surface area contributed by atoms with Gasteiger partial charge in [-0.3, -0.25) is 4.79 Å². The summed E-state index contributed by atoms with van der Waals surface area (Å²) in [5.74, 6) is -0.217. The molecule has 1 aromatic heterocycles. The summed E-state index contributed by atoms with van der Waals surface area (Å²) in [6.07, 6.45) is 2.19. The Morgan fingerprint density at radius 2 is 2.29 bits per heavy atom. The van der Waals surface area contributed by atoms with Crippen molar-refractivity contribution in [3.05, 3.63) is 29.6 Å². The summed E-state index contributed by atoms with van der Waals surface area (Å²) in [6.45, 7) is 2.78. The van der Waals surface area contributed by atoms with Crippen LogP contribution in [0.15, 0.2) is 18.3 Å². The van der Waals surface area contributed by atoms with Gasteiger partial charge < -0.3 is 10.0 Å². The van der Waals surface area contributed by atoms with Gasteiger partial charge >= 0.3 is 0 Å². The summed E-state index contributed by atoms with van der Waals surface area (Å²) in [5.41, 5.74) is 0.719. The van der Waals surface area contributed by atoms with Crippen LogP contribution in [-0.2, 0) is 0 Å². The quantitative estimate of drug-likeness (QED) is 0.816. The van der Waals surface area contributed by atoms with E-state index in [1.165, 1.54) is 12.3 Å². The van der Waals surface area contributed by atoms with E-state index in [0.29, 0.717) is 24.3 Å². The zero-order valence-electron chi connectivity index (χ0n) is 9.76. The van der Waals surface area contributed by atoms with Gasteiger partial charge in [0.05, 0.1) is 12.2 Å². The van der Waals surface area contributed by atoms with Crippen LogP contribution in [-0.4, -0.2) is 40.6 Å². The van der Waals surface area contributed by atoms with Crippen LogP contribution in [0.25, 0.3) is 0 Å². The number of pyridine rings is 1. The van der Waals surface area contributed by atoms with Gasteiger partial charge in [-0.2, -0.15) is 5.26 Å². The summed E-state index contributed by atoms with van der Waals surface area (Å²) in [4.78, 5) is 17.5. The SMILES string of the molecule is CCCN(CCO)C(=O)c1ccc(C#N)cn1. The second kappa shape index (κ2) is 6.61. The predicted molar refractivity (Wildman–Crippen MR) is 62.2 cm³/mol. The number of aliphatic hydroxyl groups is 1. The highest BCUT2D eigenvalue weighted by Gasteiger charge is 2.15. The topological polar surface area (TPSA) is 77.2 Å². The van der Waals surface area contributed by atoms with Gasteiger partial charge in [-0.1, -0.05) is 6.92 Å². The summed E-state index contributed by atoms with van der Waals surface area (Å²) in [5, 5.41) is 17.5. The highest BCUT2D eigenvalue weighted by Crippen LogP contribution is 2.04. The minimum absolute atomic E-state index is 0.0674. The number of nitriles is 1. The summed E-state index contributed by atoms with van der Waals surface area (Å²) in [6, 6.07) is 5.03. The minimum atomic E-state index is -0.217. The van der Waals surface area contributed by atoms with Crippen LogP contribution in [0, 0.1) is 11.3 Å². The fourth-order valence-corrected chi connectivity index (χ4v) is 1.45. The van der Waals surface area contributed by atoms with Gasteiger partial charge in [0.25, 0.3) is 5.91 Å². The predicted octanol–water partition coefficient (Wildman–Crippen LogP) is 0.798. The van der Waals surface area contributed by atoms with Crippen LogP contribution in [0.5, 0.6) is 0 Å². The number of aromatic nitrogens is 1. The third-order valence-electron chi connectivity index (χ3n) is 2.26. The summed E-state index contributed by atoms with van der Waals surface area (Å²) < 4.78 is 0. The molecule has 0 aliphatic heterocycles. The third kappa shape index (κ3) is 3.54. The largest absolute Gasteiger partial charge is 0.395 e. The van der Waals surface area contributed by atoms with Gasteiger partial charge in [-0.25, -0.2) is 4.98 Å². The van der Waals surface area contributed by atoms with Crippen LogP contribution < -0.4 is 0 Å². The van der Waals surface area contributed by atoms with E-state index in [4.69, 9.17) is 10.4 Å². The Bertz CT molecular complexity index is 403. The zero-order valence-corrected chi connectivity index (χ0v) is 9.76. The Kier molecular flexibility index (Phi) is 5.11. The van der Waals surface area contributed by atoms with Crippen LogP contribution in [0.1, 0.15) is 29.4 Å². The van der Waals surface area contributed by atoms with Crippen molar-refractivity contribution in [3.63, 3.8) is 0 Å². The number of hydrogen-bond donors (Lipinski definition) is 1. The van der Waals surface area contributed by atoms with Gasteiger partial charge in [0.15, 0.2) is 0 Å². The molecule has 0 bridgehead atoms. The third-order valence-corrected chi connectivity index (χ3v) is 2.26. The number of rotatable bonds is 5. The lowest BCUT2D eigenvalue weighted by molar-refractivity contribution is 0.0716. The van der Waals surface area contributed by atoms with Gasteiger partial charge in [0, 0.05) is 19.3 Å². The van der Waals surface area contributed by atoms with E-state index in [1.54, 1.807) is 11.0 Å². The Morgan fingerprint density at radius 3 is 2.76 bits per heavy atom. The molecule has 0 aliphatic carbocycles. The molecule has 0 aromatic carbocycles. The van der Waals surface area contributed by atoms with E-state index in [9.17, 15) is 4.79 Å². The molecule has 1 heterocycles. The molecule has 0 unspecified atom stereocenters. The first-order valence-electron chi connectivity index (χ1n) is 5.49. The maximum atomic E-state index is 12.0. The zero-order chi connectivity index (χ0) is 12.7. The van der Waals surface area contributed by atoms with E-state index in [1.807, 2.05) is 13.0 Å². The van der Waals surface area contributed by atoms with Crippen molar-refractivity contribution < 1.29 is 9.90 Å². The summed E-state index contributed by atoms with van der Waals surface area (Å²) in [7, 11) is 0. The molecule has 1 N–H and O–H groups in total. The lowest BCUT2D eigenvalue weighted by Crippen LogP contribution is -2.34. The number of aliphatic hydroxyl groups excluding tert-OH is 1. The van der Waals surface area contributed by atoms with E-state index in [-0.39, 0.29) is 12.5 Å². The van der Waals surface area contributed by atoms with Crippen LogP contribution in [0.4, 0.5) is 0 Å². The standard InChI is InChI=1S/C12H15N3O2/c1-2-5-15(6-7-16)12(17)11-4-3-10(8-13)9-14-11/h3-4,9,16H,2,5-7H2,1H3. The fraction of sp³-hybridized carbons (Fsp3) is 0.417. The highest BCUT2D eigenvalue weighted by atomic mass is 16.3. The number of nitrogens with zero attached hydrogens (tertiary/aromatic N) is 3. The molecule has 5 nitrogen and oxygen atoms in total. The lowest BCUT2D eigenvalue weighted by atomic mass is 10.2. The molecule has 0 radical (unpaired) electrons. The van der Waals surface area contributed by atoms with Gasteiger partial charge in [0.2, 0.25) is 0 Å². The number of hydrogen-bond acceptors (Lipinski definition) is 4. The molecular weight excluding hydrogens is 218 g/mol. The second-order valence-corrected chi connectivity index (χ2v) is 3.56. The maximum Gasteiger partial charge on any atom is 0.272 e. The first kappa shape index (κ1) is 13.1. The average molecular weight is 233 g/mol. The average Bonchev–Trinajstić information content (AvgIpc) is 2.38. The Labute approximate surface area is 100 Å². The van der Waals surface area contributed by atoms with E-state index >= 15 is 0 Å². The summed E-state index contributed by atoms with van der Waals surface area (Å²) >= 11 is 0. The van der Waals surface area contributed by atoms with Gasteiger partial charge in [0.1, 0.15) is 11.8 Å². The van der Waals surface area contributed by atoms with E-state index in [0.717, 1.165) is 6.42 Å². The molecule has 0 spiro atoms. The monoisotopic (exact) mass is 233 g/mol. The van der Waals surface area contributed by atoms with E-state index < -0.39 is 0 Å². The van der Waals surface area contributed by atoms with Crippen LogP contribution in [0.2, 0.25) is 0 Å². The smallest absolute Gasteiger partial charge is 0.272 e. The molecule has 17 heavy (non-hydrogen) atoms. The molecule has 1 aromatic rings. The van der Waals surface area contributed by atoms with Crippen LogP contribution >= 0.6 is 0 Å². The molecule has 0 atom stereocenters. The molecule has 1 amide bonds. The number of amides is 1. The van der Waals surface area contributed by atoms with Crippen molar-refractivity contribution in [2.75, 3.05) is 19.7 Å². The number of carbonyl (C=O) groups is 1. The van der Waals surface area contributed by atoms with Gasteiger partial charge in [-0.15, -0.1) is 0 Å². The minimum Gasteiger partial charge on any atom is -0.395 e. The van der Waals surface area contributed by atoms with Gasteiger partial charge in [-0.05, 0) is 18.6 Å². The Hall–Kier alpha value is -1.93. The first-order chi connectivity index (χ1) is 8.22. The van der Waals surface area contributed by atoms with Crippen molar-refractivity contribution in [2.24, 2.45) is 0 Å². The van der Waals surface area contributed by atoms with Crippen molar-refractivity contribution >= 4 is 5.91 Å². The molecular formula is C12H15N3O2. The Balaban J connectivity index is 2.81. The molecule has 5 heteroatoms. The van der Waals surface area contributed by atoms with Crippen LogP contribution in [0.3, 0.4) is 0 Å². The molecule has 0 saturated carbocycles. The molecule has 1 rings (SSSR count). The van der Waals surface area contributed by atoms with Crippen molar-refractivity contribution in [3.8, 4) is 6.07 Å². The first-order valence-corrected chi connectivity index (χ1v) is 5.49. The Morgan fingerprint density at radius 1 is 1.53 bits per heavy atom. The highest BCUT2D eigenvalue weighted by molar-refractivity contribution is 5.92. The molecule has 90 valence electrons. The van der Waals surface area contributed by atoms with Crippen molar-refractivity contribution in [1.29, 1.82) is 5.26 Å².